The molecule has 5 aromatic rings. The summed E-state index contributed by atoms with van der Waals surface area (Å²) in [6.45, 7) is 0.375. The van der Waals surface area contributed by atoms with Gasteiger partial charge in [0.15, 0.2) is 6.29 Å². The van der Waals surface area contributed by atoms with E-state index in [4.69, 9.17) is 9.47 Å². The zero-order valence-corrected chi connectivity index (χ0v) is 24.5. The first-order valence-electron chi connectivity index (χ1n) is 14.2. The predicted molar refractivity (Wildman–Crippen MR) is 164 cm³/mol. The van der Waals surface area contributed by atoms with E-state index < -0.39 is 6.29 Å². The van der Waals surface area contributed by atoms with Crippen LogP contribution in [0.3, 0.4) is 0 Å². The van der Waals surface area contributed by atoms with Crippen molar-refractivity contribution >= 4 is 17.7 Å². The molecule has 6 rings (SSSR count). The summed E-state index contributed by atoms with van der Waals surface area (Å²) in [5.41, 5.74) is 5.01. The number of amides is 1. The highest BCUT2D eigenvalue weighted by Crippen LogP contribution is 2.39. The number of aromatic nitrogens is 4. The Morgan fingerprint density at radius 1 is 0.886 bits per heavy atom. The molecule has 2 heterocycles. The van der Waals surface area contributed by atoms with Crippen molar-refractivity contribution in [1.29, 1.82) is 0 Å². The molecule has 0 bridgehead atoms. The van der Waals surface area contributed by atoms with Crippen LogP contribution in [0.5, 0.6) is 5.75 Å². The van der Waals surface area contributed by atoms with Crippen molar-refractivity contribution in [2.45, 2.75) is 43.2 Å². The summed E-state index contributed by atoms with van der Waals surface area (Å²) in [7, 11) is 0. The molecule has 1 aliphatic rings. The summed E-state index contributed by atoms with van der Waals surface area (Å²) in [6.07, 6.45) is -0.411. The largest absolute Gasteiger partial charge is 0.508 e. The molecule has 1 aliphatic heterocycles. The fourth-order valence-corrected chi connectivity index (χ4v) is 5.79. The van der Waals surface area contributed by atoms with E-state index in [1.54, 1.807) is 41.1 Å². The van der Waals surface area contributed by atoms with Crippen molar-refractivity contribution in [2.24, 2.45) is 0 Å². The normalized spacial score (nSPS) is 18.2. The Kier molecular flexibility index (Phi) is 9.28. The number of hydrogen-bond donors (Lipinski definition) is 3. The number of benzene rings is 4. The highest BCUT2D eigenvalue weighted by Gasteiger charge is 2.32. The van der Waals surface area contributed by atoms with E-state index in [0.29, 0.717) is 29.4 Å². The van der Waals surface area contributed by atoms with Gasteiger partial charge in [0, 0.05) is 29.8 Å². The van der Waals surface area contributed by atoms with Crippen molar-refractivity contribution in [2.75, 3.05) is 5.75 Å². The van der Waals surface area contributed by atoms with Gasteiger partial charge in [0.1, 0.15) is 5.75 Å². The molecule has 0 spiro atoms. The van der Waals surface area contributed by atoms with Gasteiger partial charge < -0.3 is 25.0 Å². The van der Waals surface area contributed by atoms with Gasteiger partial charge in [-0.05, 0) is 63.5 Å². The maximum absolute atomic E-state index is 12.5. The number of ether oxygens (including phenoxy) is 2. The van der Waals surface area contributed by atoms with Crippen LogP contribution >= 0.6 is 11.8 Å². The summed E-state index contributed by atoms with van der Waals surface area (Å²) in [6, 6.07) is 31.4. The lowest BCUT2D eigenvalue weighted by Crippen LogP contribution is -2.31. The monoisotopic (exact) mass is 609 g/mol. The van der Waals surface area contributed by atoms with Crippen molar-refractivity contribution in [1.82, 2.24) is 25.5 Å². The number of phenolic OH excluding ortho intramolecular Hbond substituents is 1. The zero-order chi connectivity index (χ0) is 30.3. The second kappa shape index (κ2) is 13.8. The molecule has 1 amide bonds. The van der Waals surface area contributed by atoms with Gasteiger partial charge >= 0.3 is 0 Å². The topological polar surface area (TPSA) is 132 Å². The number of nitrogens with one attached hydrogen (secondary N) is 1. The summed E-state index contributed by atoms with van der Waals surface area (Å²) >= 11 is 1.48. The molecule has 0 saturated carbocycles. The molecule has 11 heteroatoms. The van der Waals surface area contributed by atoms with Crippen LogP contribution in [-0.2, 0) is 22.6 Å². The molecular formula is C33H31N5O5S. The molecule has 44 heavy (non-hydrogen) atoms. The quantitative estimate of drug-likeness (QED) is 0.185. The van der Waals surface area contributed by atoms with Crippen molar-refractivity contribution in [3.05, 3.63) is 131 Å². The lowest BCUT2D eigenvalue weighted by Gasteiger charge is -2.36. The van der Waals surface area contributed by atoms with Gasteiger partial charge in [-0.2, -0.15) is 4.68 Å². The van der Waals surface area contributed by atoms with E-state index in [9.17, 15) is 15.0 Å². The summed E-state index contributed by atoms with van der Waals surface area (Å²) in [5, 5.41) is 34.9. The van der Waals surface area contributed by atoms with Crippen molar-refractivity contribution in [3.63, 3.8) is 0 Å². The number of nitrogens with zero attached hydrogens (tertiary/aromatic N) is 4. The van der Waals surface area contributed by atoms with Crippen LogP contribution in [0.2, 0.25) is 0 Å². The Morgan fingerprint density at radius 2 is 1.59 bits per heavy atom. The average molecular weight is 610 g/mol. The number of aliphatic hydroxyl groups excluding tert-OH is 1. The molecule has 0 radical (unpaired) electrons. The van der Waals surface area contributed by atoms with Crippen LogP contribution in [0.1, 0.15) is 51.4 Å². The van der Waals surface area contributed by atoms with Crippen LogP contribution in [0.25, 0.3) is 5.69 Å². The molecule has 0 aliphatic carbocycles. The number of hydrogen-bond acceptors (Lipinski definition) is 9. The fourth-order valence-electron chi connectivity index (χ4n) is 4.88. The average Bonchev–Trinajstić information content (AvgIpc) is 3.56. The maximum atomic E-state index is 12.5. The van der Waals surface area contributed by atoms with Gasteiger partial charge in [0.2, 0.25) is 5.16 Å². The third-order valence-corrected chi connectivity index (χ3v) is 8.34. The Labute approximate surface area is 258 Å². The number of carbonyl (C=O) groups excluding carboxylic acids is 1. The third-order valence-electron chi connectivity index (χ3n) is 7.29. The van der Waals surface area contributed by atoms with E-state index in [-0.39, 0.29) is 30.5 Å². The first-order valence-corrected chi connectivity index (χ1v) is 15.2. The predicted octanol–water partition coefficient (Wildman–Crippen LogP) is 5.13. The number of phenols is 1. The van der Waals surface area contributed by atoms with Crippen molar-refractivity contribution < 1.29 is 24.5 Å². The molecule has 1 fully saturated rings. The number of aromatic hydroxyl groups is 1. The minimum absolute atomic E-state index is 0.0231. The zero-order valence-electron chi connectivity index (χ0n) is 23.7. The number of thioether (sulfide) groups is 1. The first kappa shape index (κ1) is 29.5. The molecule has 1 aromatic heterocycles. The molecule has 10 nitrogen and oxygen atoms in total. The van der Waals surface area contributed by atoms with E-state index in [1.165, 1.54) is 11.8 Å². The minimum Gasteiger partial charge on any atom is -0.508 e. The summed E-state index contributed by atoms with van der Waals surface area (Å²) < 4.78 is 14.6. The first-order chi connectivity index (χ1) is 21.6. The van der Waals surface area contributed by atoms with Gasteiger partial charge in [-0.25, -0.2) is 0 Å². The molecule has 1 saturated heterocycles. The molecule has 3 atom stereocenters. The lowest BCUT2D eigenvalue weighted by atomic mass is 10.0. The molecule has 4 aromatic carbocycles. The standard InChI is InChI=1S/C33H31N5O5S/c39-20-23-8-10-24(11-9-23)30-18-29(21-44-33-35-36-37-38(33)27-14-16-28(40)17-15-27)42-32(43-30)26-12-6-22(7-13-26)19-34-31(41)25-4-2-1-3-5-25/h1-17,29-30,32,39-40H,18-21H2,(H,34,41). The van der Waals surface area contributed by atoms with Crippen LogP contribution in [0.15, 0.2) is 108 Å². The Balaban J connectivity index is 1.16. The molecule has 224 valence electrons. The molecule has 3 unspecified atom stereocenters. The lowest BCUT2D eigenvalue weighted by molar-refractivity contribution is -0.245. The summed E-state index contributed by atoms with van der Waals surface area (Å²) in [4.78, 5) is 12.5. The van der Waals surface area contributed by atoms with Gasteiger partial charge in [-0.15, -0.1) is 5.10 Å². The SMILES string of the molecule is O=C(NCc1ccc(C2OC(CSc3nnnn3-c3ccc(O)cc3)CC(c3ccc(CO)cc3)O2)cc1)c1ccccc1. The van der Waals surface area contributed by atoms with Crippen LogP contribution < -0.4 is 5.32 Å². The maximum Gasteiger partial charge on any atom is 0.251 e. The third kappa shape index (κ3) is 7.14. The van der Waals surface area contributed by atoms with Crippen LogP contribution in [-0.4, -0.2) is 48.2 Å². The fraction of sp³-hybridized carbons (Fsp3) is 0.212. The van der Waals surface area contributed by atoms with Gasteiger partial charge in [-0.1, -0.05) is 78.5 Å². The van der Waals surface area contributed by atoms with Gasteiger partial charge in [0.25, 0.3) is 5.91 Å². The molecule has 3 N–H and O–H groups in total. The van der Waals surface area contributed by atoms with E-state index in [1.807, 2.05) is 66.7 Å². The number of aliphatic hydroxyl groups is 1. The summed E-state index contributed by atoms with van der Waals surface area (Å²) in [5.74, 6) is 0.619. The van der Waals surface area contributed by atoms with E-state index >= 15 is 0 Å². The number of rotatable bonds is 10. The van der Waals surface area contributed by atoms with Crippen molar-refractivity contribution in [3.8, 4) is 11.4 Å². The Morgan fingerprint density at radius 3 is 2.32 bits per heavy atom. The molecular weight excluding hydrogens is 578 g/mol. The van der Waals surface area contributed by atoms with Gasteiger partial charge in [-0.3, -0.25) is 4.79 Å². The van der Waals surface area contributed by atoms with E-state index in [0.717, 1.165) is 27.9 Å². The highest BCUT2D eigenvalue weighted by atomic mass is 32.2. The Bertz CT molecular complexity index is 1660. The van der Waals surface area contributed by atoms with E-state index in [2.05, 4.69) is 20.8 Å². The number of tetrazole rings is 1. The highest BCUT2D eigenvalue weighted by molar-refractivity contribution is 7.99. The van der Waals surface area contributed by atoms with Gasteiger partial charge in [0.05, 0.1) is 24.5 Å². The van der Waals surface area contributed by atoms with Crippen LogP contribution in [0, 0.1) is 0 Å². The Hall–Kier alpha value is -4.55. The second-order valence-electron chi connectivity index (χ2n) is 10.3. The second-order valence-corrected chi connectivity index (χ2v) is 11.3. The minimum atomic E-state index is -0.613. The van der Waals surface area contributed by atoms with Crippen LogP contribution in [0.4, 0.5) is 0 Å². The number of carbonyl (C=O) groups is 1. The smallest absolute Gasteiger partial charge is 0.251 e.